The molecule has 8 nitrogen and oxygen atoms in total. The van der Waals surface area contributed by atoms with Crippen LogP contribution in [0.2, 0.25) is 0 Å². The molecule has 4 aliphatic rings. The van der Waals surface area contributed by atoms with Crippen LogP contribution in [-0.2, 0) is 4.74 Å². The van der Waals surface area contributed by atoms with Crippen LogP contribution in [0, 0.1) is 11.2 Å². The van der Waals surface area contributed by atoms with Gasteiger partial charge in [0.25, 0.3) is 0 Å². The summed E-state index contributed by atoms with van der Waals surface area (Å²) in [5, 5.41) is 3.33. The van der Waals surface area contributed by atoms with Crippen molar-refractivity contribution in [2.75, 3.05) is 69.2 Å². The van der Waals surface area contributed by atoms with Gasteiger partial charge in [-0.25, -0.2) is 14.2 Å². The lowest BCUT2D eigenvalue weighted by molar-refractivity contribution is -0.00294. The molecule has 1 aromatic carbocycles. The van der Waals surface area contributed by atoms with Gasteiger partial charge in [0.1, 0.15) is 24.0 Å². The summed E-state index contributed by atoms with van der Waals surface area (Å²) in [5.74, 6) is 1.29. The molecule has 1 atom stereocenters. The molecule has 9 heteroatoms. The van der Waals surface area contributed by atoms with Gasteiger partial charge in [-0.05, 0) is 49.9 Å². The summed E-state index contributed by atoms with van der Waals surface area (Å²) in [4.78, 5) is 23.2. The van der Waals surface area contributed by atoms with Crippen molar-refractivity contribution in [1.82, 2.24) is 14.8 Å². The third-order valence-corrected chi connectivity index (χ3v) is 8.19. The highest BCUT2D eigenvalue weighted by atomic mass is 19.1. The van der Waals surface area contributed by atoms with E-state index in [-0.39, 0.29) is 17.3 Å². The quantitative estimate of drug-likeness (QED) is 0.692. The lowest BCUT2D eigenvalue weighted by Gasteiger charge is -2.48. The molecule has 1 N–H and O–H groups in total. The van der Waals surface area contributed by atoms with E-state index in [2.05, 4.69) is 20.1 Å². The summed E-state index contributed by atoms with van der Waals surface area (Å²) in [5.41, 5.74) is 2.95. The van der Waals surface area contributed by atoms with E-state index in [1.54, 1.807) is 6.07 Å². The van der Waals surface area contributed by atoms with E-state index in [1.807, 2.05) is 30.0 Å². The number of piperazine rings is 1. The molecule has 36 heavy (non-hydrogen) atoms. The first-order chi connectivity index (χ1) is 17.5. The van der Waals surface area contributed by atoms with Crippen LogP contribution in [0.1, 0.15) is 26.2 Å². The first-order valence-corrected chi connectivity index (χ1v) is 13.1. The van der Waals surface area contributed by atoms with E-state index in [0.717, 1.165) is 80.6 Å². The van der Waals surface area contributed by atoms with Crippen LogP contribution in [0.25, 0.3) is 11.1 Å². The number of rotatable bonds is 4. The van der Waals surface area contributed by atoms with Gasteiger partial charge >= 0.3 is 6.09 Å². The van der Waals surface area contributed by atoms with E-state index in [0.29, 0.717) is 19.3 Å². The smallest absolute Gasteiger partial charge is 0.409 e. The monoisotopic (exact) mass is 495 g/mol. The fourth-order valence-corrected chi connectivity index (χ4v) is 6.38. The number of likely N-dealkylation sites (tertiary alicyclic amines) is 1. The van der Waals surface area contributed by atoms with Gasteiger partial charge in [0.15, 0.2) is 0 Å². The summed E-state index contributed by atoms with van der Waals surface area (Å²) in [7, 11) is 0. The first-order valence-electron chi connectivity index (χ1n) is 13.1. The SMILES string of the molecule is CCOC(=O)N1CC2(CC[C@@H](N3CCN(c4ncc(F)cc4-c4ccc5c(c4)OCCN5)CC3)C2)C1. The number of benzene rings is 1. The molecule has 2 saturated heterocycles. The number of carbonyl (C=O) groups excluding carboxylic acids is 1. The second-order valence-electron chi connectivity index (χ2n) is 10.5. The van der Waals surface area contributed by atoms with Gasteiger partial charge < -0.3 is 24.6 Å². The molecular formula is C27H34FN5O3. The van der Waals surface area contributed by atoms with Crippen molar-refractivity contribution in [3.05, 3.63) is 36.3 Å². The van der Waals surface area contributed by atoms with Crippen LogP contribution >= 0.6 is 0 Å². The number of pyridine rings is 1. The van der Waals surface area contributed by atoms with Crippen LogP contribution in [0.5, 0.6) is 5.75 Å². The molecule has 0 radical (unpaired) electrons. The number of carbonyl (C=O) groups is 1. The Labute approximate surface area is 211 Å². The van der Waals surface area contributed by atoms with Crippen LogP contribution in [0.3, 0.4) is 0 Å². The zero-order chi connectivity index (χ0) is 24.7. The van der Waals surface area contributed by atoms with Gasteiger partial charge in [-0.15, -0.1) is 0 Å². The number of aromatic nitrogens is 1. The van der Waals surface area contributed by atoms with Crippen LogP contribution in [-0.4, -0.2) is 85.9 Å². The van der Waals surface area contributed by atoms with Crippen LogP contribution in [0.4, 0.5) is 20.7 Å². The molecule has 4 heterocycles. The van der Waals surface area contributed by atoms with E-state index in [1.165, 1.54) is 19.0 Å². The minimum Gasteiger partial charge on any atom is -0.490 e. The molecule has 1 amide bonds. The Kier molecular flexibility index (Phi) is 6.11. The number of amides is 1. The number of hydrogen-bond acceptors (Lipinski definition) is 7. The molecule has 1 aromatic heterocycles. The van der Waals surface area contributed by atoms with Crippen molar-refractivity contribution < 1.29 is 18.7 Å². The second-order valence-corrected chi connectivity index (χ2v) is 10.5. The fraction of sp³-hybridized carbons (Fsp3) is 0.556. The van der Waals surface area contributed by atoms with Crippen molar-refractivity contribution >= 4 is 17.6 Å². The summed E-state index contributed by atoms with van der Waals surface area (Å²) >= 11 is 0. The topological polar surface area (TPSA) is 70.2 Å². The Bertz CT molecular complexity index is 1130. The highest BCUT2D eigenvalue weighted by Crippen LogP contribution is 2.47. The Morgan fingerprint density at radius 1 is 1.25 bits per heavy atom. The summed E-state index contributed by atoms with van der Waals surface area (Å²) in [6.07, 6.45) is 4.64. The normalized spacial score (nSPS) is 23.0. The van der Waals surface area contributed by atoms with Crippen molar-refractivity contribution in [2.45, 2.75) is 32.2 Å². The molecule has 3 aliphatic heterocycles. The van der Waals surface area contributed by atoms with Gasteiger partial charge in [0, 0.05) is 62.8 Å². The predicted molar refractivity (Wildman–Crippen MR) is 136 cm³/mol. The summed E-state index contributed by atoms with van der Waals surface area (Å²) in [6, 6.07) is 8.12. The number of nitrogens with one attached hydrogen (secondary N) is 1. The Hall–Kier alpha value is -3.07. The maximum Gasteiger partial charge on any atom is 0.409 e. The second kappa shape index (κ2) is 9.42. The molecule has 192 valence electrons. The number of nitrogens with zero attached hydrogens (tertiary/aromatic N) is 4. The number of ether oxygens (including phenoxy) is 2. The summed E-state index contributed by atoms with van der Waals surface area (Å²) in [6.45, 7) is 8.96. The van der Waals surface area contributed by atoms with Gasteiger partial charge in [-0.1, -0.05) is 6.07 Å². The molecule has 6 rings (SSSR count). The minimum atomic E-state index is -0.335. The lowest BCUT2D eigenvalue weighted by atomic mass is 9.78. The van der Waals surface area contributed by atoms with E-state index in [9.17, 15) is 9.18 Å². The zero-order valence-corrected chi connectivity index (χ0v) is 20.8. The zero-order valence-electron chi connectivity index (χ0n) is 20.8. The maximum atomic E-state index is 14.3. The highest BCUT2D eigenvalue weighted by molar-refractivity contribution is 5.79. The van der Waals surface area contributed by atoms with E-state index >= 15 is 0 Å². The number of hydrogen-bond donors (Lipinski definition) is 1. The third kappa shape index (κ3) is 4.34. The standard InChI is InChI=1S/C27H34FN5O3/c1-2-35-26(34)33-17-27(18-33)6-5-21(15-27)31-8-10-32(11-9-31)25-22(14-20(28)16-30-25)19-3-4-23-24(13-19)36-12-7-29-23/h3-4,13-14,16,21,29H,2,5-12,15,17-18H2,1H3/t21-/m1/s1. The fourth-order valence-electron chi connectivity index (χ4n) is 6.38. The van der Waals surface area contributed by atoms with Gasteiger partial charge in [-0.3, -0.25) is 4.90 Å². The average molecular weight is 496 g/mol. The highest BCUT2D eigenvalue weighted by Gasteiger charge is 2.51. The molecule has 2 aromatic rings. The van der Waals surface area contributed by atoms with Crippen LogP contribution in [0.15, 0.2) is 30.5 Å². The third-order valence-electron chi connectivity index (χ3n) is 8.19. The van der Waals surface area contributed by atoms with Gasteiger partial charge in [0.05, 0.1) is 18.5 Å². The Morgan fingerprint density at radius 2 is 2.08 bits per heavy atom. The minimum absolute atomic E-state index is 0.176. The number of halogens is 1. The van der Waals surface area contributed by atoms with E-state index < -0.39 is 0 Å². The van der Waals surface area contributed by atoms with Crippen LogP contribution < -0.4 is 15.0 Å². The van der Waals surface area contributed by atoms with E-state index in [4.69, 9.17) is 9.47 Å². The van der Waals surface area contributed by atoms with Gasteiger partial charge in [-0.2, -0.15) is 0 Å². The van der Waals surface area contributed by atoms with Gasteiger partial charge in [0.2, 0.25) is 0 Å². The van der Waals surface area contributed by atoms with Crippen molar-refractivity contribution in [3.63, 3.8) is 0 Å². The Balaban J connectivity index is 1.11. The molecule has 0 bridgehead atoms. The van der Waals surface area contributed by atoms with Crippen molar-refractivity contribution in [2.24, 2.45) is 5.41 Å². The number of fused-ring (bicyclic) bond motifs is 1. The average Bonchev–Trinajstić information content (AvgIpc) is 3.34. The van der Waals surface area contributed by atoms with Crippen molar-refractivity contribution in [3.8, 4) is 16.9 Å². The molecule has 1 aliphatic carbocycles. The lowest BCUT2D eigenvalue weighted by Crippen LogP contribution is -2.58. The molecule has 3 fully saturated rings. The Morgan fingerprint density at radius 3 is 2.89 bits per heavy atom. The first kappa shape index (κ1) is 23.3. The maximum absolute atomic E-state index is 14.3. The molecule has 0 unspecified atom stereocenters. The molecule has 1 spiro atoms. The molecule has 1 saturated carbocycles. The number of anilines is 2. The summed E-state index contributed by atoms with van der Waals surface area (Å²) < 4.78 is 25.2. The largest absolute Gasteiger partial charge is 0.490 e. The predicted octanol–water partition coefficient (Wildman–Crippen LogP) is 3.83. The molecular weight excluding hydrogens is 461 g/mol. The van der Waals surface area contributed by atoms with Crippen molar-refractivity contribution in [1.29, 1.82) is 0 Å².